The Morgan fingerprint density at radius 3 is 3.00 bits per heavy atom. The monoisotopic (exact) mass is 252 g/mol. The highest BCUT2D eigenvalue weighted by atomic mass is 19.1. The SMILES string of the molecule is CC(Cn1cccn1)NCc1cc(F)ncc1F. The predicted molar refractivity (Wildman–Crippen MR) is 62.7 cm³/mol. The third-order valence-corrected chi connectivity index (χ3v) is 2.56. The summed E-state index contributed by atoms with van der Waals surface area (Å²) in [7, 11) is 0. The first kappa shape index (κ1) is 12.6. The molecule has 0 aliphatic rings. The van der Waals surface area contributed by atoms with E-state index in [1.165, 1.54) is 0 Å². The van der Waals surface area contributed by atoms with Gasteiger partial charge in [0.15, 0.2) is 0 Å². The summed E-state index contributed by atoms with van der Waals surface area (Å²) in [4.78, 5) is 3.24. The molecule has 1 atom stereocenters. The molecule has 0 radical (unpaired) electrons. The van der Waals surface area contributed by atoms with Crippen LogP contribution in [0, 0.1) is 11.8 Å². The molecule has 2 rings (SSSR count). The summed E-state index contributed by atoms with van der Waals surface area (Å²) in [6.45, 7) is 2.88. The third-order valence-electron chi connectivity index (χ3n) is 2.56. The first-order valence-electron chi connectivity index (χ1n) is 5.66. The summed E-state index contributed by atoms with van der Waals surface area (Å²) < 4.78 is 27.9. The minimum Gasteiger partial charge on any atom is -0.308 e. The molecule has 0 aromatic carbocycles. The van der Waals surface area contributed by atoms with Crippen molar-refractivity contribution in [3.05, 3.63) is 48.1 Å². The van der Waals surface area contributed by atoms with E-state index in [0.29, 0.717) is 6.54 Å². The number of hydrogen-bond acceptors (Lipinski definition) is 3. The zero-order valence-electron chi connectivity index (χ0n) is 9.98. The van der Waals surface area contributed by atoms with Crippen molar-refractivity contribution in [1.82, 2.24) is 20.1 Å². The van der Waals surface area contributed by atoms with Crippen LogP contribution >= 0.6 is 0 Å². The summed E-state index contributed by atoms with van der Waals surface area (Å²) in [5.74, 6) is -1.18. The molecule has 2 aromatic heterocycles. The van der Waals surface area contributed by atoms with E-state index in [9.17, 15) is 8.78 Å². The fraction of sp³-hybridized carbons (Fsp3) is 0.333. The molecule has 1 N–H and O–H groups in total. The Labute approximate surface area is 104 Å². The topological polar surface area (TPSA) is 42.7 Å². The zero-order valence-corrected chi connectivity index (χ0v) is 9.98. The summed E-state index contributed by atoms with van der Waals surface area (Å²) >= 11 is 0. The quantitative estimate of drug-likeness (QED) is 0.824. The van der Waals surface area contributed by atoms with Gasteiger partial charge in [-0.1, -0.05) is 0 Å². The van der Waals surface area contributed by atoms with E-state index in [1.54, 1.807) is 10.9 Å². The molecule has 96 valence electrons. The minimum absolute atomic E-state index is 0.0977. The van der Waals surface area contributed by atoms with Crippen LogP contribution in [0.15, 0.2) is 30.7 Å². The molecular weight excluding hydrogens is 238 g/mol. The first-order chi connectivity index (χ1) is 8.65. The van der Waals surface area contributed by atoms with Gasteiger partial charge in [0.25, 0.3) is 0 Å². The average molecular weight is 252 g/mol. The van der Waals surface area contributed by atoms with E-state index >= 15 is 0 Å². The number of hydrogen-bond donors (Lipinski definition) is 1. The number of halogens is 2. The highest BCUT2D eigenvalue weighted by Gasteiger charge is 2.07. The van der Waals surface area contributed by atoms with Gasteiger partial charge in [0, 0.05) is 36.6 Å². The Morgan fingerprint density at radius 2 is 2.28 bits per heavy atom. The van der Waals surface area contributed by atoms with Crippen molar-refractivity contribution >= 4 is 0 Å². The highest BCUT2D eigenvalue weighted by molar-refractivity contribution is 5.13. The third kappa shape index (κ3) is 3.33. The number of rotatable bonds is 5. The van der Waals surface area contributed by atoms with Gasteiger partial charge in [-0.05, 0) is 13.0 Å². The molecule has 0 spiro atoms. The molecule has 0 saturated heterocycles. The van der Waals surface area contributed by atoms with Crippen molar-refractivity contribution in [3.63, 3.8) is 0 Å². The molecule has 2 aromatic rings. The maximum atomic E-state index is 13.3. The average Bonchev–Trinajstić information content (AvgIpc) is 2.83. The first-order valence-corrected chi connectivity index (χ1v) is 5.66. The Balaban J connectivity index is 1.89. The van der Waals surface area contributed by atoms with Gasteiger partial charge in [0.2, 0.25) is 5.95 Å². The maximum absolute atomic E-state index is 13.3. The summed E-state index contributed by atoms with van der Waals surface area (Å²) in [5, 5.41) is 7.19. The Hall–Kier alpha value is -1.82. The van der Waals surface area contributed by atoms with Crippen molar-refractivity contribution in [2.45, 2.75) is 26.1 Å². The lowest BCUT2D eigenvalue weighted by Crippen LogP contribution is -2.30. The van der Waals surface area contributed by atoms with Gasteiger partial charge in [-0.15, -0.1) is 0 Å². The van der Waals surface area contributed by atoms with Gasteiger partial charge in [0.1, 0.15) is 5.82 Å². The zero-order chi connectivity index (χ0) is 13.0. The van der Waals surface area contributed by atoms with Crippen molar-refractivity contribution in [2.24, 2.45) is 0 Å². The van der Waals surface area contributed by atoms with Crippen LogP contribution in [0.2, 0.25) is 0 Å². The minimum atomic E-state index is -0.673. The molecule has 6 heteroatoms. The molecule has 18 heavy (non-hydrogen) atoms. The molecule has 0 aliphatic carbocycles. The van der Waals surface area contributed by atoms with E-state index in [1.807, 2.05) is 19.2 Å². The van der Waals surface area contributed by atoms with Crippen LogP contribution < -0.4 is 5.32 Å². The molecule has 4 nitrogen and oxygen atoms in total. The van der Waals surface area contributed by atoms with Gasteiger partial charge < -0.3 is 5.32 Å². The van der Waals surface area contributed by atoms with Crippen molar-refractivity contribution in [2.75, 3.05) is 0 Å². The van der Waals surface area contributed by atoms with E-state index in [-0.39, 0.29) is 18.2 Å². The van der Waals surface area contributed by atoms with Gasteiger partial charge in [-0.3, -0.25) is 4.68 Å². The standard InChI is InChI=1S/C12H14F2N4/c1-9(8-18-4-2-3-17-18)15-6-10-5-12(14)16-7-11(10)13/h2-5,7,9,15H,6,8H2,1H3. The Kier molecular flexibility index (Phi) is 3.99. The van der Waals surface area contributed by atoms with E-state index in [2.05, 4.69) is 15.4 Å². The van der Waals surface area contributed by atoms with Crippen molar-refractivity contribution in [3.8, 4) is 0 Å². The number of nitrogens with zero attached hydrogens (tertiary/aromatic N) is 3. The molecule has 0 aliphatic heterocycles. The van der Waals surface area contributed by atoms with Crippen molar-refractivity contribution in [1.29, 1.82) is 0 Å². The van der Waals surface area contributed by atoms with Crippen LogP contribution in [0.4, 0.5) is 8.78 Å². The highest BCUT2D eigenvalue weighted by Crippen LogP contribution is 2.07. The fourth-order valence-corrected chi connectivity index (χ4v) is 1.62. The molecule has 0 amide bonds. The lowest BCUT2D eigenvalue weighted by atomic mass is 10.2. The summed E-state index contributed by atoms with van der Waals surface area (Å²) in [6.07, 6.45) is 4.44. The van der Waals surface area contributed by atoms with Gasteiger partial charge in [-0.2, -0.15) is 9.49 Å². The second-order valence-corrected chi connectivity index (χ2v) is 4.11. The molecule has 1 unspecified atom stereocenters. The number of nitrogens with one attached hydrogen (secondary N) is 1. The summed E-state index contributed by atoms with van der Waals surface area (Å²) in [5.41, 5.74) is 0.273. The van der Waals surface area contributed by atoms with Gasteiger partial charge >= 0.3 is 0 Å². The van der Waals surface area contributed by atoms with Crippen molar-refractivity contribution < 1.29 is 8.78 Å². The molecule has 0 saturated carbocycles. The van der Waals surface area contributed by atoms with E-state index in [4.69, 9.17) is 0 Å². The smallest absolute Gasteiger partial charge is 0.213 e. The lowest BCUT2D eigenvalue weighted by Gasteiger charge is -2.14. The molecular formula is C12H14F2N4. The van der Waals surface area contributed by atoms with Gasteiger partial charge in [0.05, 0.1) is 12.7 Å². The Bertz CT molecular complexity index is 499. The molecule has 0 fully saturated rings. The number of aromatic nitrogens is 3. The lowest BCUT2D eigenvalue weighted by molar-refractivity contribution is 0.443. The van der Waals surface area contributed by atoms with E-state index < -0.39 is 11.8 Å². The largest absolute Gasteiger partial charge is 0.308 e. The molecule has 2 heterocycles. The van der Waals surface area contributed by atoms with Crippen LogP contribution in [-0.4, -0.2) is 20.8 Å². The Morgan fingerprint density at radius 1 is 1.44 bits per heavy atom. The second kappa shape index (κ2) is 5.68. The second-order valence-electron chi connectivity index (χ2n) is 4.11. The summed E-state index contributed by atoms with van der Waals surface area (Å²) in [6, 6.07) is 3.04. The molecule has 0 bridgehead atoms. The van der Waals surface area contributed by atoms with Gasteiger partial charge in [-0.25, -0.2) is 9.37 Å². The predicted octanol–water partition coefficient (Wildman–Crippen LogP) is 1.73. The van der Waals surface area contributed by atoms with Crippen LogP contribution in [0.25, 0.3) is 0 Å². The van der Waals surface area contributed by atoms with Crippen LogP contribution in [0.5, 0.6) is 0 Å². The van der Waals surface area contributed by atoms with Crippen LogP contribution in [0.1, 0.15) is 12.5 Å². The van der Waals surface area contributed by atoms with E-state index in [0.717, 1.165) is 12.3 Å². The van der Waals surface area contributed by atoms with Crippen LogP contribution in [0.3, 0.4) is 0 Å². The number of pyridine rings is 1. The fourth-order valence-electron chi connectivity index (χ4n) is 1.62. The maximum Gasteiger partial charge on any atom is 0.213 e. The van der Waals surface area contributed by atoms with Crippen LogP contribution in [-0.2, 0) is 13.1 Å². The normalized spacial score (nSPS) is 12.6.